The largest absolute Gasteiger partial charge is 0.396 e. The summed E-state index contributed by atoms with van der Waals surface area (Å²) in [4.78, 5) is 7.23. The summed E-state index contributed by atoms with van der Waals surface area (Å²) in [6, 6.07) is 28.4. The van der Waals surface area contributed by atoms with Gasteiger partial charge in [-0.05, 0) is 122 Å². The lowest BCUT2D eigenvalue weighted by Gasteiger charge is -2.13. The van der Waals surface area contributed by atoms with E-state index in [1.165, 1.54) is 23.5 Å². The van der Waals surface area contributed by atoms with Crippen LogP contribution in [0.15, 0.2) is 192 Å². The molecule has 0 saturated heterocycles. The van der Waals surface area contributed by atoms with Crippen LogP contribution in [-0.2, 0) is 40.5 Å². The minimum absolute atomic E-state index is 0.00149. The molecule has 10 rings (SSSR count). The fourth-order valence-electron chi connectivity index (χ4n) is 8.44. The number of benzene rings is 8. The Bertz CT molecular complexity index is 5100. The second-order valence-corrected chi connectivity index (χ2v) is 26.9. The summed E-state index contributed by atoms with van der Waals surface area (Å²) in [6.45, 7) is 3.50. The topological polar surface area (TPSA) is 446 Å². The first-order valence-corrected chi connectivity index (χ1v) is 32.4. The van der Waals surface area contributed by atoms with Crippen molar-refractivity contribution in [1.29, 1.82) is 0 Å². The third kappa shape index (κ3) is 12.4. The molecular weight excluding hydrogens is 1270 g/mol. The Balaban J connectivity index is 0.905. The molecule has 2 aromatic heterocycles. The molecule has 0 aliphatic rings. The first kappa shape index (κ1) is 60.6. The number of nitrogens with two attached hydrogens (primary N) is 4. The smallest absolute Gasteiger partial charge is 0.296 e. The van der Waals surface area contributed by atoms with Crippen LogP contribution in [0.3, 0.4) is 0 Å². The Morgan fingerprint density at radius 3 is 1.29 bits per heavy atom. The van der Waals surface area contributed by atoms with Crippen molar-refractivity contribution < 1.29 is 51.9 Å². The molecule has 0 atom stereocenters. The number of hydrogen-bond acceptors (Lipinski definition) is 26. The fourth-order valence-corrected chi connectivity index (χ4v) is 14.5. The van der Waals surface area contributed by atoms with Crippen LogP contribution in [0.5, 0.6) is 0 Å². The highest BCUT2D eigenvalue weighted by Crippen LogP contribution is 2.46. The maximum Gasteiger partial charge on any atom is 0.296 e. The van der Waals surface area contributed by atoms with Gasteiger partial charge in [0.1, 0.15) is 52.3 Å². The number of rotatable bonds is 15. The quantitative estimate of drug-likeness (QED) is 0.0197. The van der Waals surface area contributed by atoms with Crippen LogP contribution in [0.1, 0.15) is 11.1 Å². The predicted octanol–water partition coefficient (Wildman–Crippen LogP) is 14.1. The maximum absolute atomic E-state index is 13.0. The number of thiazole rings is 2. The van der Waals surface area contributed by atoms with E-state index in [1.54, 1.807) is 67.6 Å². The zero-order chi connectivity index (χ0) is 61.9. The van der Waals surface area contributed by atoms with Crippen LogP contribution >= 0.6 is 47.9 Å². The first-order chi connectivity index (χ1) is 40.4. The van der Waals surface area contributed by atoms with Crippen molar-refractivity contribution in [2.75, 3.05) is 22.9 Å². The summed E-state index contributed by atoms with van der Waals surface area (Å²) in [5.74, 6) is 0. The molecule has 8 aromatic carbocycles. The molecule has 10 aromatic rings. The van der Waals surface area contributed by atoms with Crippen LogP contribution in [-0.4, -0.2) is 61.9 Å². The molecule has 0 aliphatic carbocycles. The van der Waals surface area contributed by atoms with Crippen LogP contribution < -0.4 is 22.9 Å². The fraction of sp³-hybridized carbons (Fsp3) is 0.0385. The van der Waals surface area contributed by atoms with E-state index in [0.29, 0.717) is 37.0 Å². The molecule has 12 N–H and O–H groups in total. The summed E-state index contributed by atoms with van der Waals surface area (Å²) < 4.78 is 143. The third-order valence-corrected chi connectivity index (χ3v) is 19.9. The standard InChI is InChI=1S/C52H40N14O12S8/c1-23-3-17-33-48(47(23)80)81-51(57-33)25-5-9-28(10-6-25)60-66-46-42(54)36(22-40(44(46)56)85(73,74)75)64-62-30-14-16-32(39(20-30)84(70,71)72)31-15-13-29(19-38(31)83(67,68)69)61-63-35-21-37(79)43(55)45(41(35)53)65-59-27-11-7-26(8-12-27)52-58-34-18-4-24(2)50(49(34)82-52)86(76,77)78/h3-22,79-80H,53-56H2,1-2H3,(H,67,68,69)(H,70,71,72)(H,73,74,75)(H,76,77,78). The van der Waals surface area contributed by atoms with Gasteiger partial charge in [-0.3, -0.25) is 18.2 Å². The van der Waals surface area contributed by atoms with E-state index in [9.17, 15) is 51.9 Å². The van der Waals surface area contributed by atoms with Crippen LogP contribution in [0, 0.1) is 13.8 Å². The van der Waals surface area contributed by atoms with E-state index in [-0.39, 0.29) is 55.3 Å². The molecule has 0 saturated carbocycles. The second kappa shape index (κ2) is 23.1. The summed E-state index contributed by atoms with van der Waals surface area (Å²) >= 11 is 11.5. The molecule has 0 aliphatic heterocycles. The highest BCUT2D eigenvalue weighted by Gasteiger charge is 2.27. The van der Waals surface area contributed by atoms with Gasteiger partial charge in [0.05, 0.1) is 65.9 Å². The number of nitrogen functional groups attached to an aromatic ring is 4. The van der Waals surface area contributed by atoms with Gasteiger partial charge < -0.3 is 22.9 Å². The monoisotopic (exact) mass is 1310 g/mol. The second-order valence-electron chi connectivity index (χ2n) is 18.5. The van der Waals surface area contributed by atoms with Gasteiger partial charge in [-0.2, -0.15) is 54.1 Å². The van der Waals surface area contributed by atoms with Crippen molar-refractivity contribution in [1.82, 2.24) is 9.97 Å². The van der Waals surface area contributed by atoms with Gasteiger partial charge in [0.15, 0.2) is 0 Å². The van der Waals surface area contributed by atoms with E-state index < -0.39 is 83.3 Å². The van der Waals surface area contributed by atoms with Gasteiger partial charge in [-0.1, -0.05) is 24.3 Å². The number of thiol groups is 2. The van der Waals surface area contributed by atoms with E-state index in [1.807, 2.05) is 19.1 Å². The van der Waals surface area contributed by atoms with Gasteiger partial charge in [0.25, 0.3) is 40.5 Å². The van der Waals surface area contributed by atoms with Gasteiger partial charge in [0, 0.05) is 32.0 Å². The zero-order valence-corrected chi connectivity index (χ0v) is 50.4. The molecule has 438 valence electrons. The number of aromatic nitrogens is 2. The normalized spacial score (nSPS) is 12.8. The van der Waals surface area contributed by atoms with Gasteiger partial charge >= 0.3 is 0 Å². The van der Waals surface area contributed by atoms with Crippen molar-refractivity contribution in [3.05, 3.63) is 132 Å². The number of nitrogens with zero attached hydrogens (tertiary/aromatic N) is 10. The highest BCUT2D eigenvalue weighted by molar-refractivity contribution is 7.87. The lowest BCUT2D eigenvalue weighted by Crippen LogP contribution is -2.05. The summed E-state index contributed by atoms with van der Waals surface area (Å²) in [5, 5.41) is 34.0. The highest BCUT2D eigenvalue weighted by atomic mass is 32.2. The Hall–Kier alpha value is -8.52. The Kier molecular flexibility index (Phi) is 16.2. The molecule has 26 nitrogen and oxygen atoms in total. The molecule has 0 radical (unpaired) electrons. The number of hydrogen-bond donors (Lipinski definition) is 10. The number of fused-ring (bicyclic) bond motifs is 2. The SMILES string of the molecule is Cc1ccc2nc(-c3ccc(N=Nc4c(N)c(N=Nc5ccc(-c6ccc(N=Nc7cc(S)c(N)c(N=Nc8ccc(-c9nc%10ccc(C)c(S(=O)(=O)O)c%10s9)cc8)c7N)cc6S(=O)(=O)O)c(S(=O)(=O)O)c5)cc(S(=O)(=O)O)c4N)cc3)sc2c1S. The molecule has 0 unspecified atom stereocenters. The zero-order valence-electron chi connectivity index (χ0n) is 43.7. The average molecular weight is 1310 g/mol. The van der Waals surface area contributed by atoms with Crippen molar-refractivity contribution in [2.45, 2.75) is 43.2 Å². The molecule has 2 heterocycles. The summed E-state index contributed by atoms with van der Waals surface area (Å²) in [5.41, 5.74) is 26.0. The Labute approximate surface area is 507 Å². The summed E-state index contributed by atoms with van der Waals surface area (Å²) in [7, 11) is -20.1. The van der Waals surface area contributed by atoms with Crippen LogP contribution in [0.2, 0.25) is 0 Å². The lowest BCUT2D eigenvalue weighted by molar-refractivity contribution is 0.480. The molecule has 0 amide bonds. The Morgan fingerprint density at radius 2 is 0.826 bits per heavy atom. The van der Waals surface area contributed by atoms with Gasteiger partial charge in [0.2, 0.25) is 0 Å². The van der Waals surface area contributed by atoms with E-state index in [4.69, 9.17) is 22.9 Å². The molecular formula is C52H40N14O12S8. The first-order valence-electron chi connectivity index (χ1n) is 24.1. The number of aryl methyl sites for hydroxylation is 2. The van der Waals surface area contributed by atoms with Gasteiger partial charge in [-0.25, -0.2) is 9.97 Å². The van der Waals surface area contributed by atoms with Crippen molar-refractivity contribution in [3.63, 3.8) is 0 Å². The third-order valence-electron chi connectivity index (χ3n) is 12.7. The Morgan fingerprint density at radius 1 is 0.419 bits per heavy atom. The minimum atomic E-state index is -5.26. The lowest BCUT2D eigenvalue weighted by atomic mass is 10.0. The summed E-state index contributed by atoms with van der Waals surface area (Å²) in [6.07, 6.45) is 0. The van der Waals surface area contributed by atoms with E-state index in [2.05, 4.69) is 76.1 Å². The van der Waals surface area contributed by atoms with E-state index >= 15 is 0 Å². The van der Waals surface area contributed by atoms with E-state index in [0.717, 1.165) is 74.0 Å². The van der Waals surface area contributed by atoms with Gasteiger partial charge in [-0.15, -0.1) is 68.4 Å². The molecule has 0 fully saturated rings. The average Bonchev–Trinajstić information content (AvgIpc) is 1.97. The minimum Gasteiger partial charge on any atom is -0.396 e. The molecule has 86 heavy (non-hydrogen) atoms. The molecule has 0 bridgehead atoms. The van der Waals surface area contributed by atoms with Crippen molar-refractivity contribution in [2.24, 2.45) is 40.9 Å². The van der Waals surface area contributed by atoms with Crippen molar-refractivity contribution >= 4 is 177 Å². The maximum atomic E-state index is 13.0. The van der Waals surface area contributed by atoms with Crippen LogP contribution in [0.4, 0.5) is 68.2 Å². The number of anilines is 4. The number of azo groups is 4. The predicted molar refractivity (Wildman–Crippen MR) is 332 cm³/mol. The van der Waals surface area contributed by atoms with Crippen molar-refractivity contribution in [3.8, 4) is 32.3 Å². The molecule has 0 spiro atoms. The van der Waals surface area contributed by atoms with Crippen LogP contribution in [0.25, 0.3) is 52.7 Å². The molecule has 34 heteroatoms.